The highest BCUT2D eigenvalue weighted by molar-refractivity contribution is 9.10. The number of hydrogen-bond acceptors (Lipinski definition) is 4. The van der Waals surface area contributed by atoms with Crippen molar-refractivity contribution in [2.45, 2.75) is 63.5 Å². The molecule has 8 heteroatoms. The zero-order valence-corrected chi connectivity index (χ0v) is 20.0. The van der Waals surface area contributed by atoms with Crippen LogP contribution in [0, 0.1) is 0 Å². The first-order chi connectivity index (χ1) is 14.6. The van der Waals surface area contributed by atoms with Gasteiger partial charge in [-0.25, -0.2) is 4.79 Å². The van der Waals surface area contributed by atoms with Crippen molar-refractivity contribution in [3.63, 3.8) is 0 Å². The molecular weight excluding hydrogens is 462 g/mol. The van der Waals surface area contributed by atoms with E-state index in [1.807, 2.05) is 39.0 Å². The Labute approximate surface area is 191 Å². The largest absolute Gasteiger partial charge is 0.444 e. The minimum absolute atomic E-state index is 0.00828. The van der Waals surface area contributed by atoms with Crippen LogP contribution in [0.2, 0.25) is 0 Å². The molecule has 1 spiro atoms. The topological polar surface area (TPSA) is 79.0 Å². The lowest BCUT2D eigenvalue weighted by Gasteiger charge is -2.36. The van der Waals surface area contributed by atoms with Crippen molar-refractivity contribution < 1.29 is 19.1 Å². The molecule has 3 aliphatic rings. The molecule has 0 radical (unpaired) electrons. The van der Waals surface area contributed by atoms with E-state index in [0.29, 0.717) is 25.2 Å². The molecule has 1 atom stereocenters. The summed E-state index contributed by atoms with van der Waals surface area (Å²) in [4.78, 5) is 41.5. The van der Waals surface area contributed by atoms with Gasteiger partial charge in [0.25, 0.3) is 5.91 Å². The molecule has 1 aromatic carbocycles. The van der Waals surface area contributed by atoms with E-state index in [2.05, 4.69) is 21.2 Å². The summed E-state index contributed by atoms with van der Waals surface area (Å²) in [6, 6.07) is 5.65. The van der Waals surface area contributed by atoms with Gasteiger partial charge in [0.1, 0.15) is 5.60 Å². The van der Waals surface area contributed by atoms with E-state index in [1.165, 1.54) is 0 Å². The maximum Gasteiger partial charge on any atom is 0.410 e. The molecule has 0 aromatic heterocycles. The highest BCUT2D eigenvalue weighted by atomic mass is 79.9. The molecular formula is C23H30BrN3O4. The summed E-state index contributed by atoms with van der Waals surface area (Å²) >= 11 is 3.51. The van der Waals surface area contributed by atoms with Crippen LogP contribution in [0.1, 0.15) is 62.4 Å². The van der Waals surface area contributed by atoms with E-state index in [-0.39, 0.29) is 35.9 Å². The number of nitrogens with one attached hydrogen (secondary N) is 1. The number of carbonyl (C=O) groups is 3. The minimum Gasteiger partial charge on any atom is -0.444 e. The Morgan fingerprint density at radius 3 is 2.71 bits per heavy atom. The van der Waals surface area contributed by atoms with Crippen molar-refractivity contribution in [2.75, 3.05) is 26.2 Å². The summed E-state index contributed by atoms with van der Waals surface area (Å²) in [6.07, 6.45) is 3.33. The Morgan fingerprint density at radius 1 is 1.29 bits per heavy atom. The zero-order chi connectivity index (χ0) is 22.4. The number of fused-ring (bicyclic) bond motifs is 2. The zero-order valence-electron chi connectivity index (χ0n) is 18.4. The number of piperidine rings is 1. The van der Waals surface area contributed by atoms with Gasteiger partial charge in [0.2, 0.25) is 5.91 Å². The Balaban J connectivity index is 1.36. The van der Waals surface area contributed by atoms with Gasteiger partial charge in [-0.1, -0.05) is 15.9 Å². The molecule has 2 heterocycles. The number of benzene rings is 1. The predicted molar refractivity (Wildman–Crippen MR) is 120 cm³/mol. The molecule has 0 unspecified atom stereocenters. The summed E-state index contributed by atoms with van der Waals surface area (Å²) in [5.74, 6) is -0.269. The molecule has 1 saturated heterocycles. The van der Waals surface area contributed by atoms with Crippen LogP contribution in [-0.2, 0) is 14.9 Å². The molecule has 1 N–H and O–H groups in total. The number of ether oxygens (including phenoxy) is 1. The van der Waals surface area contributed by atoms with Crippen LogP contribution in [0.3, 0.4) is 0 Å². The number of hydrogen-bond donors (Lipinski definition) is 1. The van der Waals surface area contributed by atoms with Crippen LogP contribution in [-0.4, -0.2) is 65.5 Å². The van der Waals surface area contributed by atoms with Gasteiger partial charge in [-0.3, -0.25) is 9.59 Å². The first kappa shape index (κ1) is 22.1. The molecule has 1 saturated carbocycles. The second-order valence-corrected chi connectivity index (χ2v) is 10.9. The lowest BCUT2D eigenvalue weighted by Crippen LogP contribution is -2.53. The quantitative estimate of drug-likeness (QED) is 0.701. The predicted octanol–water partition coefficient (Wildman–Crippen LogP) is 3.45. The molecule has 168 valence electrons. The standard InChI is InChI=1S/C23H30BrN3O4/c1-22(2,3)31-21(30)26-10-4-5-16(12-26)25-19(28)13-27-14-23(8-9-23)18-11-15(24)6-7-17(18)20(27)29/h6-7,11,16H,4-5,8-10,12-14H2,1-3H3,(H,25,28)/t16-/m1/s1. The van der Waals surface area contributed by atoms with Crippen molar-refractivity contribution in [3.05, 3.63) is 33.8 Å². The van der Waals surface area contributed by atoms with Crippen LogP contribution in [0.4, 0.5) is 4.79 Å². The van der Waals surface area contributed by atoms with Crippen molar-refractivity contribution in [3.8, 4) is 0 Å². The summed E-state index contributed by atoms with van der Waals surface area (Å²) in [6.45, 7) is 7.19. The molecule has 7 nitrogen and oxygen atoms in total. The Hall–Kier alpha value is -2.09. The van der Waals surface area contributed by atoms with Gasteiger partial charge >= 0.3 is 6.09 Å². The van der Waals surface area contributed by atoms with Crippen molar-refractivity contribution in [2.24, 2.45) is 0 Å². The van der Waals surface area contributed by atoms with E-state index in [9.17, 15) is 14.4 Å². The van der Waals surface area contributed by atoms with Crippen LogP contribution >= 0.6 is 15.9 Å². The van der Waals surface area contributed by atoms with Gasteiger partial charge in [0, 0.05) is 41.1 Å². The smallest absolute Gasteiger partial charge is 0.410 e. The fourth-order valence-electron chi connectivity index (χ4n) is 4.57. The number of amides is 3. The Bertz CT molecular complexity index is 907. The van der Waals surface area contributed by atoms with E-state index >= 15 is 0 Å². The molecule has 2 fully saturated rings. The van der Waals surface area contributed by atoms with Gasteiger partial charge in [0.15, 0.2) is 0 Å². The van der Waals surface area contributed by atoms with Crippen LogP contribution in [0.15, 0.2) is 22.7 Å². The first-order valence-electron chi connectivity index (χ1n) is 10.9. The summed E-state index contributed by atoms with van der Waals surface area (Å²) in [5.41, 5.74) is 1.25. The number of nitrogens with zero attached hydrogens (tertiary/aromatic N) is 2. The fraction of sp³-hybridized carbons (Fsp3) is 0.609. The van der Waals surface area contributed by atoms with Crippen molar-refractivity contribution in [1.82, 2.24) is 15.1 Å². The monoisotopic (exact) mass is 491 g/mol. The maximum atomic E-state index is 13.0. The Kier molecular flexibility index (Phi) is 5.79. The third-order valence-corrected chi connectivity index (χ3v) is 6.68. The molecule has 3 amide bonds. The summed E-state index contributed by atoms with van der Waals surface area (Å²) in [5, 5.41) is 3.03. The van der Waals surface area contributed by atoms with Gasteiger partial charge in [-0.05, 0) is 70.2 Å². The van der Waals surface area contributed by atoms with Crippen LogP contribution < -0.4 is 5.32 Å². The highest BCUT2D eigenvalue weighted by Crippen LogP contribution is 2.52. The molecule has 1 aliphatic carbocycles. The lowest BCUT2D eigenvalue weighted by atomic mass is 9.86. The average Bonchev–Trinajstić information content (AvgIpc) is 3.45. The number of halogens is 1. The van der Waals surface area contributed by atoms with Crippen LogP contribution in [0.5, 0.6) is 0 Å². The van der Waals surface area contributed by atoms with E-state index in [4.69, 9.17) is 4.74 Å². The van der Waals surface area contributed by atoms with Gasteiger partial charge in [0.05, 0.1) is 6.54 Å². The Morgan fingerprint density at radius 2 is 2.03 bits per heavy atom. The van der Waals surface area contributed by atoms with Gasteiger partial charge in [-0.2, -0.15) is 0 Å². The number of likely N-dealkylation sites (tertiary alicyclic amines) is 1. The normalized spacial score (nSPS) is 22.2. The molecule has 0 bridgehead atoms. The van der Waals surface area contributed by atoms with E-state index < -0.39 is 5.60 Å². The number of rotatable bonds is 3. The molecule has 4 rings (SSSR count). The SMILES string of the molecule is CC(C)(C)OC(=O)N1CCC[C@@H](NC(=O)CN2CC3(CC3)c3cc(Br)ccc3C2=O)C1. The lowest BCUT2D eigenvalue weighted by molar-refractivity contribution is -0.123. The average molecular weight is 492 g/mol. The van der Waals surface area contributed by atoms with Crippen LogP contribution in [0.25, 0.3) is 0 Å². The first-order valence-corrected chi connectivity index (χ1v) is 11.7. The molecule has 1 aromatic rings. The van der Waals surface area contributed by atoms with Gasteiger partial charge in [-0.15, -0.1) is 0 Å². The maximum absolute atomic E-state index is 13.0. The van der Waals surface area contributed by atoms with Crippen molar-refractivity contribution >= 4 is 33.8 Å². The third-order valence-electron chi connectivity index (χ3n) is 6.19. The number of carbonyl (C=O) groups excluding carboxylic acids is 3. The highest BCUT2D eigenvalue weighted by Gasteiger charge is 2.51. The van der Waals surface area contributed by atoms with Gasteiger partial charge < -0.3 is 19.9 Å². The van der Waals surface area contributed by atoms with Crippen molar-refractivity contribution in [1.29, 1.82) is 0 Å². The third kappa shape index (κ3) is 4.89. The minimum atomic E-state index is -0.549. The van der Waals surface area contributed by atoms with E-state index in [0.717, 1.165) is 35.7 Å². The molecule has 31 heavy (non-hydrogen) atoms. The second-order valence-electron chi connectivity index (χ2n) is 9.96. The van der Waals surface area contributed by atoms with E-state index in [1.54, 1.807) is 9.80 Å². The summed E-state index contributed by atoms with van der Waals surface area (Å²) in [7, 11) is 0. The summed E-state index contributed by atoms with van der Waals surface area (Å²) < 4.78 is 6.43. The molecule has 2 aliphatic heterocycles. The fourth-order valence-corrected chi connectivity index (χ4v) is 4.94. The second kappa shape index (κ2) is 8.11.